The summed E-state index contributed by atoms with van der Waals surface area (Å²) < 4.78 is 6.53. The summed E-state index contributed by atoms with van der Waals surface area (Å²) in [7, 11) is 2.12. The molecule has 2 aliphatic rings. The van der Waals surface area contributed by atoms with E-state index in [9.17, 15) is 0 Å². The van der Waals surface area contributed by atoms with Crippen LogP contribution < -0.4 is 9.64 Å². The van der Waals surface area contributed by atoms with Gasteiger partial charge in [0.05, 0.1) is 5.41 Å². The average Bonchev–Trinajstić information content (AvgIpc) is 2.76. The van der Waals surface area contributed by atoms with Gasteiger partial charge in [-0.2, -0.15) is 0 Å². The number of fused-ring (bicyclic) bond motifs is 2. The summed E-state index contributed by atoms with van der Waals surface area (Å²) in [6.07, 6.45) is 4.39. The Morgan fingerprint density at radius 2 is 1.54 bits per heavy atom. The quantitative estimate of drug-likeness (QED) is 0.600. The van der Waals surface area contributed by atoms with Gasteiger partial charge < -0.3 is 9.64 Å². The van der Waals surface area contributed by atoms with Crippen LogP contribution in [0.5, 0.6) is 5.75 Å². The first kappa shape index (κ1) is 18.1. The predicted molar refractivity (Wildman–Crippen MR) is 105 cm³/mol. The van der Waals surface area contributed by atoms with E-state index in [1.54, 1.807) is 0 Å². The van der Waals surface area contributed by atoms with Gasteiger partial charge in [0.15, 0.2) is 0 Å². The van der Waals surface area contributed by atoms with Crippen molar-refractivity contribution in [2.45, 2.75) is 46.3 Å². The molecule has 0 aliphatic carbocycles. The van der Waals surface area contributed by atoms with E-state index in [2.05, 4.69) is 68.3 Å². The van der Waals surface area contributed by atoms with E-state index < -0.39 is 5.72 Å². The number of para-hydroxylation sites is 2. The van der Waals surface area contributed by atoms with Gasteiger partial charge in [-0.3, -0.25) is 0 Å². The standard InChI is InChI=1S/C19H19NO.C2H6.CH4/c1-18(2)15-9-5-6-10-16(15)20(3)19(18)13-12-14-8-4-7-11-17(14)21-19;1-2;/h4-13H,1-3H3;1-2H3;1H4. The number of benzene rings is 2. The van der Waals surface area contributed by atoms with Crippen LogP contribution >= 0.6 is 0 Å². The molecule has 4 rings (SSSR count). The van der Waals surface area contributed by atoms with Crippen LogP contribution in [0.25, 0.3) is 6.08 Å². The second-order valence-electron chi connectivity index (χ2n) is 6.37. The Labute approximate surface area is 146 Å². The molecule has 0 radical (unpaired) electrons. The summed E-state index contributed by atoms with van der Waals surface area (Å²) in [5, 5.41) is 0. The van der Waals surface area contributed by atoms with E-state index in [4.69, 9.17) is 4.74 Å². The van der Waals surface area contributed by atoms with Gasteiger partial charge in [-0.25, -0.2) is 0 Å². The molecule has 0 fully saturated rings. The summed E-state index contributed by atoms with van der Waals surface area (Å²) in [5.74, 6) is 0.952. The van der Waals surface area contributed by atoms with Gasteiger partial charge in [-0.05, 0) is 43.7 Å². The van der Waals surface area contributed by atoms with Crippen molar-refractivity contribution in [3.63, 3.8) is 0 Å². The Morgan fingerprint density at radius 3 is 2.25 bits per heavy atom. The first-order valence-corrected chi connectivity index (χ1v) is 8.37. The van der Waals surface area contributed by atoms with Gasteiger partial charge in [0, 0.05) is 18.3 Å². The third-order valence-electron chi connectivity index (χ3n) is 5.01. The SMILES string of the molecule is C.CC.CN1c2ccccc2C(C)(C)C12C=Cc1ccccc1O2. The summed E-state index contributed by atoms with van der Waals surface area (Å²) in [5.41, 5.74) is 3.12. The second kappa shape index (κ2) is 6.35. The van der Waals surface area contributed by atoms with Crippen LogP contribution in [0.1, 0.15) is 46.2 Å². The molecule has 24 heavy (non-hydrogen) atoms. The largest absolute Gasteiger partial charge is 0.463 e. The maximum atomic E-state index is 6.53. The van der Waals surface area contributed by atoms with Crippen molar-refractivity contribution in [2.75, 3.05) is 11.9 Å². The molecule has 0 saturated carbocycles. The minimum atomic E-state index is -0.467. The van der Waals surface area contributed by atoms with E-state index in [1.165, 1.54) is 11.3 Å². The molecule has 128 valence electrons. The molecule has 2 aromatic rings. The van der Waals surface area contributed by atoms with E-state index in [0.29, 0.717) is 0 Å². The van der Waals surface area contributed by atoms with Crippen molar-refractivity contribution < 1.29 is 4.74 Å². The lowest BCUT2D eigenvalue weighted by Crippen LogP contribution is -2.58. The topological polar surface area (TPSA) is 12.5 Å². The number of hydrogen-bond donors (Lipinski definition) is 0. The Kier molecular flexibility index (Phi) is 4.80. The summed E-state index contributed by atoms with van der Waals surface area (Å²) >= 11 is 0. The summed E-state index contributed by atoms with van der Waals surface area (Å²) in [6.45, 7) is 8.52. The molecular weight excluding hydrogens is 294 g/mol. The van der Waals surface area contributed by atoms with Crippen LogP contribution in [0.3, 0.4) is 0 Å². The third-order valence-corrected chi connectivity index (χ3v) is 5.01. The van der Waals surface area contributed by atoms with Gasteiger partial charge in [0.1, 0.15) is 5.75 Å². The molecule has 1 unspecified atom stereocenters. The fraction of sp³-hybridized carbons (Fsp3) is 0.364. The average molecular weight is 323 g/mol. The highest BCUT2D eigenvalue weighted by Gasteiger charge is 2.57. The molecular formula is C22H29NO. The number of ether oxygens (including phenoxy) is 1. The van der Waals surface area contributed by atoms with Crippen LogP contribution in [-0.4, -0.2) is 12.8 Å². The molecule has 0 bridgehead atoms. The lowest BCUT2D eigenvalue weighted by molar-refractivity contribution is 0.0582. The lowest BCUT2D eigenvalue weighted by Gasteiger charge is -2.45. The van der Waals surface area contributed by atoms with Crippen LogP contribution in [0.4, 0.5) is 5.69 Å². The van der Waals surface area contributed by atoms with Crippen molar-refractivity contribution in [1.29, 1.82) is 0 Å². The van der Waals surface area contributed by atoms with E-state index in [1.807, 2.05) is 32.0 Å². The molecule has 2 aliphatic heterocycles. The third kappa shape index (κ3) is 2.24. The Morgan fingerprint density at radius 1 is 0.917 bits per heavy atom. The smallest absolute Gasteiger partial charge is 0.211 e. The van der Waals surface area contributed by atoms with Crippen molar-refractivity contribution in [1.82, 2.24) is 0 Å². The fourth-order valence-electron chi connectivity index (χ4n) is 3.72. The monoisotopic (exact) mass is 323 g/mol. The molecule has 0 N–H and O–H groups in total. The van der Waals surface area contributed by atoms with Gasteiger partial charge in [0.25, 0.3) is 0 Å². The zero-order valence-corrected chi connectivity index (χ0v) is 14.6. The van der Waals surface area contributed by atoms with E-state index >= 15 is 0 Å². The maximum Gasteiger partial charge on any atom is 0.211 e. The van der Waals surface area contributed by atoms with Crippen LogP contribution in [-0.2, 0) is 5.41 Å². The van der Waals surface area contributed by atoms with Crippen molar-refractivity contribution in [2.24, 2.45) is 0 Å². The lowest BCUT2D eigenvalue weighted by atomic mass is 9.76. The molecule has 2 nitrogen and oxygen atoms in total. The Balaban J connectivity index is 0.000000670. The first-order chi connectivity index (χ1) is 11.1. The number of likely N-dealkylation sites (N-methyl/N-ethyl adjacent to an activating group) is 1. The number of nitrogens with zero attached hydrogens (tertiary/aromatic N) is 1. The molecule has 1 spiro atoms. The molecule has 2 heteroatoms. The molecule has 0 saturated heterocycles. The molecule has 0 amide bonds. The summed E-state index contributed by atoms with van der Waals surface area (Å²) in [6, 6.07) is 16.8. The zero-order valence-electron chi connectivity index (χ0n) is 14.6. The Hall–Kier alpha value is -2.22. The number of anilines is 1. The minimum absolute atomic E-state index is 0. The first-order valence-electron chi connectivity index (χ1n) is 8.37. The van der Waals surface area contributed by atoms with E-state index in [0.717, 1.165) is 11.3 Å². The fourth-order valence-corrected chi connectivity index (χ4v) is 3.72. The predicted octanol–water partition coefficient (Wildman–Crippen LogP) is 5.88. The van der Waals surface area contributed by atoms with Crippen molar-refractivity contribution >= 4 is 11.8 Å². The Bertz CT molecular complexity index is 747. The van der Waals surface area contributed by atoms with Gasteiger partial charge >= 0.3 is 0 Å². The van der Waals surface area contributed by atoms with E-state index in [-0.39, 0.29) is 12.8 Å². The molecule has 2 heterocycles. The normalized spacial score (nSPS) is 21.8. The maximum absolute atomic E-state index is 6.53. The van der Waals surface area contributed by atoms with Crippen LogP contribution in [0, 0.1) is 0 Å². The number of hydrogen-bond acceptors (Lipinski definition) is 2. The summed E-state index contributed by atoms with van der Waals surface area (Å²) in [4.78, 5) is 2.26. The molecule has 2 aromatic carbocycles. The zero-order chi connectivity index (χ0) is 16.7. The highest BCUT2D eigenvalue weighted by molar-refractivity contribution is 5.71. The minimum Gasteiger partial charge on any atom is -0.463 e. The van der Waals surface area contributed by atoms with Gasteiger partial charge in [-0.15, -0.1) is 0 Å². The van der Waals surface area contributed by atoms with Crippen molar-refractivity contribution in [3.8, 4) is 5.75 Å². The molecule has 0 aromatic heterocycles. The number of rotatable bonds is 0. The highest BCUT2D eigenvalue weighted by atomic mass is 16.5. The van der Waals surface area contributed by atoms with Crippen molar-refractivity contribution in [3.05, 3.63) is 65.7 Å². The highest BCUT2D eigenvalue weighted by Crippen LogP contribution is 2.53. The molecule has 1 atom stereocenters. The van der Waals surface area contributed by atoms with Gasteiger partial charge in [-0.1, -0.05) is 57.7 Å². The van der Waals surface area contributed by atoms with Crippen LogP contribution in [0.15, 0.2) is 54.6 Å². The second-order valence-corrected chi connectivity index (χ2v) is 6.37. The van der Waals surface area contributed by atoms with Gasteiger partial charge in [0.2, 0.25) is 5.72 Å². The van der Waals surface area contributed by atoms with Crippen LogP contribution in [0.2, 0.25) is 0 Å².